The van der Waals surface area contributed by atoms with Gasteiger partial charge in [0, 0.05) is 11.3 Å². The van der Waals surface area contributed by atoms with Crippen molar-refractivity contribution in [2.45, 2.75) is 13.5 Å². The molecular formula is C19H16Cl2N4O3S. The van der Waals surface area contributed by atoms with Crippen molar-refractivity contribution >= 4 is 52.2 Å². The van der Waals surface area contributed by atoms with Crippen molar-refractivity contribution < 1.29 is 14.1 Å². The molecule has 2 aromatic carbocycles. The van der Waals surface area contributed by atoms with E-state index < -0.39 is 5.97 Å². The first-order valence-electron chi connectivity index (χ1n) is 8.57. The topological polar surface area (TPSA) is 89.3 Å². The van der Waals surface area contributed by atoms with Gasteiger partial charge in [-0.05, 0) is 49.5 Å². The van der Waals surface area contributed by atoms with Gasteiger partial charge in [0.15, 0.2) is 5.11 Å². The lowest BCUT2D eigenvalue weighted by Crippen LogP contribution is -2.28. The number of nitrogens with one attached hydrogen (secondary N) is 2. The number of ether oxygens (including phenoxy) is 1. The maximum atomic E-state index is 11.9. The highest BCUT2D eigenvalue weighted by Gasteiger charge is 2.14. The Balaban J connectivity index is 1.60. The van der Waals surface area contributed by atoms with Crippen molar-refractivity contribution in [3.05, 3.63) is 64.0 Å². The summed E-state index contributed by atoms with van der Waals surface area (Å²) < 4.78 is 10.2. The van der Waals surface area contributed by atoms with Crippen molar-refractivity contribution in [3.8, 4) is 11.4 Å². The van der Waals surface area contributed by atoms with Crippen LogP contribution in [-0.4, -0.2) is 27.8 Å². The summed E-state index contributed by atoms with van der Waals surface area (Å²) >= 11 is 17.5. The van der Waals surface area contributed by atoms with E-state index in [0.29, 0.717) is 38.1 Å². The molecule has 7 nitrogen and oxygen atoms in total. The van der Waals surface area contributed by atoms with Crippen molar-refractivity contribution in [3.63, 3.8) is 0 Å². The molecule has 0 fully saturated rings. The molecule has 0 aliphatic heterocycles. The first-order valence-corrected chi connectivity index (χ1v) is 9.73. The third-order valence-corrected chi connectivity index (χ3v) is 4.61. The zero-order valence-corrected chi connectivity index (χ0v) is 17.6. The molecule has 0 radical (unpaired) electrons. The normalized spacial score (nSPS) is 10.4. The number of aromatic nitrogens is 2. The van der Waals surface area contributed by atoms with Gasteiger partial charge in [-0.2, -0.15) is 4.98 Å². The molecule has 0 aliphatic rings. The molecule has 1 aromatic heterocycles. The smallest absolute Gasteiger partial charge is 0.339 e. The average Bonchev–Trinajstić information content (AvgIpc) is 3.17. The summed E-state index contributed by atoms with van der Waals surface area (Å²) in [6.07, 6.45) is 0. The number of rotatable bonds is 6. The standard InChI is InChI=1S/C19H16Cl2N4O3S/c1-2-27-18(26)13-9-11(7-8-15(13)21)23-19(29)22-10-16-24-17(25-28-16)12-5-3-4-6-14(12)20/h3-9H,2,10H2,1H3,(H2,22,23,29). The highest BCUT2D eigenvalue weighted by Crippen LogP contribution is 2.25. The second-order valence-corrected chi connectivity index (χ2v) is 6.94. The van der Waals surface area contributed by atoms with Crippen LogP contribution in [0.3, 0.4) is 0 Å². The fraction of sp³-hybridized carbons (Fsp3) is 0.158. The molecule has 0 spiro atoms. The molecule has 0 aliphatic carbocycles. The number of esters is 1. The lowest BCUT2D eigenvalue weighted by molar-refractivity contribution is 0.0526. The third-order valence-electron chi connectivity index (χ3n) is 3.70. The van der Waals surface area contributed by atoms with Gasteiger partial charge in [-0.1, -0.05) is 40.5 Å². The molecule has 29 heavy (non-hydrogen) atoms. The molecule has 0 saturated carbocycles. The molecular weight excluding hydrogens is 435 g/mol. The van der Waals surface area contributed by atoms with Crippen LogP contribution in [0.2, 0.25) is 10.0 Å². The van der Waals surface area contributed by atoms with E-state index in [1.54, 1.807) is 37.3 Å². The van der Waals surface area contributed by atoms with Crippen molar-refractivity contribution in [2.75, 3.05) is 11.9 Å². The minimum Gasteiger partial charge on any atom is -0.462 e. The molecule has 0 bridgehead atoms. The first kappa shape index (κ1) is 21.0. The molecule has 0 unspecified atom stereocenters. The van der Waals surface area contributed by atoms with Gasteiger partial charge < -0.3 is 19.9 Å². The number of benzene rings is 2. The Bertz CT molecular complexity index is 1040. The molecule has 0 saturated heterocycles. The van der Waals surface area contributed by atoms with E-state index in [2.05, 4.69) is 20.8 Å². The Kier molecular flexibility index (Phi) is 7.03. The minimum absolute atomic E-state index is 0.210. The average molecular weight is 451 g/mol. The summed E-state index contributed by atoms with van der Waals surface area (Å²) in [6.45, 7) is 2.19. The fourth-order valence-corrected chi connectivity index (χ4v) is 2.98. The predicted octanol–water partition coefficient (Wildman–Crippen LogP) is 4.71. The van der Waals surface area contributed by atoms with Crippen LogP contribution < -0.4 is 10.6 Å². The van der Waals surface area contributed by atoms with Crippen molar-refractivity contribution in [2.24, 2.45) is 0 Å². The fourth-order valence-electron chi connectivity index (χ4n) is 2.38. The van der Waals surface area contributed by atoms with Crippen LogP contribution in [0.1, 0.15) is 23.2 Å². The van der Waals surface area contributed by atoms with E-state index in [9.17, 15) is 4.79 Å². The Labute approximate surface area is 182 Å². The zero-order valence-electron chi connectivity index (χ0n) is 15.2. The molecule has 150 valence electrons. The van der Waals surface area contributed by atoms with Crippen molar-refractivity contribution in [1.29, 1.82) is 0 Å². The lowest BCUT2D eigenvalue weighted by atomic mass is 10.2. The Morgan fingerprint density at radius 1 is 1.21 bits per heavy atom. The molecule has 3 aromatic rings. The van der Waals surface area contributed by atoms with Crippen LogP contribution in [0, 0.1) is 0 Å². The van der Waals surface area contributed by atoms with Crippen LogP contribution >= 0.6 is 35.4 Å². The van der Waals surface area contributed by atoms with E-state index in [0.717, 1.165) is 0 Å². The van der Waals surface area contributed by atoms with Gasteiger partial charge in [0.25, 0.3) is 0 Å². The van der Waals surface area contributed by atoms with Crippen LogP contribution in [0.25, 0.3) is 11.4 Å². The molecule has 0 atom stereocenters. The summed E-state index contributed by atoms with van der Waals surface area (Å²) in [5.74, 6) is 0.230. The Morgan fingerprint density at radius 3 is 2.76 bits per heavy atom. The van der Waals surface area contributed by atoms with E-state index in [-0.39, 0.29) is 18.7 Å². The van der Waals surface area contributed by atoms with Gasteiger partial charge in [0.05, 0.1) is 28.8 Å². The number of halogens is 2. The number of carbonyl (C=O) groups is 1. The molecule has 10 heteroatoms. The highest BCUT2D eigenvalue weighted by molar-refractivity contribution is 7.80. The summed E-state index contributed by atoms with van der Waals surface area (Å²) in [6, 6.07) is 12.1. The summed E-state index contributed by atoms with van der Waals surface area (Å²) in [7, 11) is 0. The highest BCUT2D eigenvalue weighted by atomic mass is 35.5. The van der Waals surface area contributed by atoms with Crippen LogP contribution in [0.15, 0.2) is 47.0 Å². The van der Waals surface area contributed by atoms with Crippen molar-refractivity contribution in [1.82, 2.24) is 15.5 Å². The van der Waals surface area contributed by atoms with Crippen LogP contribution in [0.4, 0.5) is 5.69 Å². The van der Waals surface area contributed by atoms with E-state index in [1.807, 2.05) is 12.1 Å². The monoisotopic (exact) mass is 450 g/mol. The van der Waals surface area contributed by atoms with Crippen LogP contribution in [-0.2, 0) is 11.3 Å². The second kappa shape index (κ2) is 9.69. The molecule has 3 rings (SSSR count). The summed E-state index contributed by atoms with van der Waals surface area (Å²) in [5, 5.41) is 11.0. The largest absolute Gasteiger partial charge is 0.462 e. The van der Waals surface area contributed by atoms with Gasteiger partial charge in [-0.25, -0.2) is 4.79 Å². The first-order chi connectivity index (χ1) is 14.0. The maximum absolute atomic E-state index is 11.9. The van der Waals surface area contributed by atoms with E-state index >= 15 is 0 Å². The second-order valence-electron chi connectivity index (χ2n) is 5.71. The van der Waals surface area contributed by atoms with Gasteiger partial charge in [0.2, 0.25) is 11.7 Å². The third kappa shape index (κ3) is 5.44. The molecule has 2 N–H and O–H groups in total. The number of hydrogen-bond acceptors (Lipinski definition) is 6. The van der Waals surface area contributed by atoms with Gasteiger partial charge in [0.1, 0.15) is 0 Å². The molecule has 0 amide bonds. The number of nitrogens with zero attached hydrogens (tertiary/aromatic N) is 2. The maximum Gasteiger partial charge on any atom is 0.339 e. The van der Waals surface area contributed by atoms with Gasteiger partial charge in [-0.15, -0.1) is 0 Å². The van der Waals surface area contributed by atoms with E-state index in [1.165, 1.54) is 0 Å². The lowest BCUT2D eigenvalue weighted by Gasteiger charge is -2.11. The quantitative estimate of drug-likeness (QED) is 0.412. The number of anilines is 1. The summed E-state index contributed by atoms with van der Waals surface area (Å²) in [5.41, 5.74) is 1.51. The number of thiocarbonyl (C=S) groups is 1. The minimum atomic E-state index is -0.502. The Morgan fingerprint density at radius 2 is 2.00 bits per heavy atom. The molecule has 1 heterocycles. The SMILES string of the molecule is CCOC(=O)c1cc(NC(=S)NCc2nc(-c3ccccc3Cl)no2)ccc1Cl. The Hall–Kier alpha value is -2.68. The zero-order chi connectivity index (χ0) is 20.8. The number of hydrogen-bond donors (Lipinski definition) is 2. The predicted molar refractivity (Wildman–Crippen MR) is 115 cm³/mol. The van der Waals surface area contributed by atoms with Gasteiger partial charge >= 0.3 is 5.97 Å². The number of carbonyl (C=O) groups excluding carboxylic acids is 1. The summed E-state index contributed by atoms with van der Waals surface area (Å²) in [4.78, 5) is 16.2. The van der Waals surface area contributed by atoms with Crippen LogP contribution in [0.5, 0.6) is 0 Å². The van der Waals surface area contributed by atoms with E-state index in [4.69, 9.17) is 44.7 Å². The van der Waals surface area contributed by atoms with Gasteiger partial charge in [-0.3, -0.25) is 0 Å².